The fraction of sp³-hybridized carbons (Fsp3) is 0.333. The second-order valence-corrected chi connectivity index (χ2v) is 7.11. The van der Waals surface area contributed by atoms with Gasteiger partial charge in [0.15, 0.2) is 9.84 Å². The maximum atomic E-state index is 11.4. The van der Waals surface area contributed by atoms with Gasteiger partial charge < -0.3 is 5.32 Å². The van der Waals surface area contributed by atoms with Crippen molar-refractivity contribution in [3.63, 3.8) is 0 Å². The average Bonchev–Trinajstić information content (AvgIpc) is 2.45. The fourth-order valence-corrected chi connectivity index (χ4v) is 2.52. The third-order valence-electron chi connectivity index (χ3n) is 3.23. The summed E-state index contributed by atoms with van der Waals surface area (Å²) in [6.07, 6.45) is 4.70. The quantitative estimate of drug-likeness (QED) is 0.915. The lowest BCUT2D eigenvalue weighted by atomic mass is 10.1. The molecule has 0 saturated heterocycles. The van der Waals surface area contributed by atoms with Crippen molar-refractivity contribution >= 4 is 9.84 Å². The Morgan fingerprint density at radius 2 is 1.81 bits per heavy atom. The van der Waals surface area contributed by atoms with Gasteiger partial charge >= 0.3 is 0 Å². The van der Waals surface area contributed by atoms with Crippen LogP contribution in [0.1, 0.15) is 29.9 Å². The second-order valence-electron chi connectivity index (χ2n) is 5.09. The van der Waals surface area contributed by atoms with Crippen molar-refractivity contribution in [2.45, 2.75) is 31.3 Å². The summed E-state index contributed by atoms with van der Waals surface area (Å²) in [4.78, 5) is 8.82. The van der Waals surface area contributed by atoms with Gasteiger partial charge in [0.05, 0.1) is 16.3 Å². The van der Waals surface area contributed by atoms with Gasteiger partial charge in [-0.2, -0.15) is 0 Å². The first-order valence-electron chi connectivity index (χ1n) is 6.67. The molecule has 0 spiro atoms. The molecule has 0 aliphatic carbocycles. The number of aryl methyl sites for hydroxylation is 1. The van der Waals surface area contributed by atoms with E-state index in [0.29, 0.717) is 11.4 Å². The van der Waals surface area contributed by atoms with Gasteiger partial charge in [-0.05, 0) is 31.5 Å². The van der Waals surface area contributed by atoms with E-state index < -0.39 is 9.84 Å². The molecule has 0 radical (unpaired) electrons. The summed E-state index contributed by atoms with van der Waals surface area (Å²) in [5, 5.41) is 3.34. The van der Waals surface area contributed by atoms with Crippen LogP contribution in [0, 0.1) is 6.92 Å². The number of nitrogens with zero attached hydrogens (tertiary/aromatic N) is 2. The molecule has 2 aromatic rings. The maximum Gasteiger partial charge on any atom is 0.175 e. The van der Waals surface area contributed by atoms with Gasteiger partial charge in [0.25, 0.3) is 0 Å². The molecule has 0 bridgehead atoms. The zero-order valence-electron chi connectivity index (χ0n) is 12.4. The number of benzene rings is 1. The van der Waals surface area contributed by atoms with Crippen molar-refractivity contribution in [1.29, 1.82) is 0 Å². The molecule has 1 aromatic carbocycles. The standard InChI is InChI=1S/C15H19N3O2S/c1-11-8-18-14(9-16-11)10-17-12(2)13-4-6-15(7-5-13)21(3,19)20/h4-9,12,17H,10H2,1-3H3. The Morgan fingerprint density at radius 3 is 2.33 bits per heavy atom. The first-order valence-corrected chi connectivity index (χ1v) is 8.56. The molecule has 1 atom stereocenters. The van der Waals surface area contributed by atoms with Crippen LogP contribution in [0.25, 0.3) is 0 Å². The molecule has 0 amide bonds. The van der Waals surface area contributed by atoms with Gasteiger partial charge in [-0.1, -0.05) is 12.1 Å². The summed E-state index contributed by atoms with van der Waals surface area (Å²) in [5.74, 6) is 0. The molecule has 0 aliphatic rings. The Kier molecular flexibility index (Phi) is 4.69. The predicted octanol–water partition coefficient (Wildman–Crippen LogP) is 2.04. The highest BCUT2D eigenvalue weighted by molar-refractivity contribution is 7.90. The van der Waals surface area contributed by atoms with Crippen molar-refractivity contribution in [2.75, 3.05) is 6.26 Å². The van der Waals surface area contributed by atoms with Gasteiger partial charge in [-0.3, -0.25) is 9.97 Å². The number of aromatic nitrogens is 2. The molecule has 0 saturated carbocycles. The van der Waals surface area contributed by atoms with E-state index in [4.69, 9.17) is 0 Å². The Hall–Kier alpha value is -1.79. The number of hydrogen-bond acceptors (Lipinski definition) is 5. The minimum absolute atomic E-state index is 0.0988. The van der Waals surface area contributed by atoms with Crippen molar-refractivity contribution in [3.8, 4) is 0 Å². The zero-order chi connectivity index (χ0) is 15.5. The summed E-state index contributed by atoms with van der Waals surface area (Å²) < 4.78 is 22.8. The molecule has 1 unspecified atom stereocenters. The van der Waals surface area contributed by atoms with Crippen LogP contribution in [0.15, 0.2) is 41.6 Å². The molecular formula is C15H19N3O2S. The van der Waals surface area contributed by atoms with Crippen LogP contribution in [-0.4, -0.2) is 24.6 Å². The Labute approximate surface area is 125 Å². The van der Waals surface area contributed by atoms with Crippen molar-refractivity contribution < 1.29 is 8.42 Å². The lowest BCUT2D eigenvalue weighted by Gasteiger charge is -2.14. The van der Waals surface area contributed by atoms with Crippen LogP contribution >= 0.6 is 0 Å². The van der Waals surface area contributed by atoms with Crippen LogP contribution < -0.4 is 5.32 Å². The Balaban J connectivity index is 2.00. The molecule has 21 heavy (non-hydrogen) atoms. The fourth-order valence-electron chi connectivity index (χ4n) is 1.89. The molecule has 0 aliphatic heterocycles. The van der Waals surface area contributed by atoms with Crippen molar-refractivity contribution in [1.82, 2.24) is 15.3 Å². The van der Waals surface area contributed by atoms with E-state index in [0.717, 1.165) is 17.0 Å². The van der Waals surface area contributed by atoms with E-state index in [1.807, 2.05) is 26.0 Å². The highest BCUT2D eigenvalue weighted by Gasteiger charge is 2.09. The molecule has 1 heterocycles. The number of hydrogen-bond donors (Lipinski definition) is 1. The lowest BCUT2D eigenvalue weighted by molar-refractivity contribution is 0.565. The van der Waals surface area contributed by atoms with Gasteiger partial charge in [-0.15, -0.1) is 0 Å². The number of nitrogens with one attached hydrogen (secondary N) is 1. The van der Waals surface area contributed by atoms with Crippen LogP contribution in [0.4, 0.5) is 0 Å². The molecular weight excluding hydrogens is 286 g/mol. The largest absolute Gasteiger partial charge is 0.305 e. The van der Waals surface area contributed by atoms with Crippen LogP contribution in [0.2, 0.25) is 0 Å². The van der Waals surface area contributed by atoms with Gasteiger partial charge in [0.1, 0.15) is 0 Å². The normalized spacial score (nSPS) is 13.1. The molecule has 1 N–H and O–H groups in total. The van der Waals surface area contributed by atoms with E-state index >= 15 is 0 Å². The van der Waals surface area contributed by atoms with Gasteiger partial charge in [0, 0.05) is 31.2 Å². The van der Waals surface area contributed by atoms with Gasteiger partial charge in [0.2, 0.25) is 0 Å². The van der Waals surface area contributed by atoms with E-state index in [-0.39, 0.29) is 6.04 Å². The summed E-state index contributed by atoms with van der Waals surface area (Å²) in [6, 6.07) is 7.02. The molecule has 112 valence electrons. The van der Waals surface area contributed by atoms with Gasteiger partial charge in [-0.25, -0.2) is 8.42 Å². The third kappa shape index (κ3) is 4.34. The summed E-state index contributed by atoms with van der Waals surface area (Å²) >= 11 is 0. The van der Waals surface area contributed by atoms with E-state index in [1.165, 1.54) is 6.26 Å². The average molecular weight is 305 g/mol. The number of rotatable bonds is 5. The maximum absolute atomic E-state index is 11.4. The van der Waals surface area contributed by atoms with Crippen molar-refractivity contribution in [2.24, 2.45) is 0 Å². The Bertz CT molecular complexity index is 695. The molecule has 6 heteroatoms. The highest BCUT2D eigenvalue weighted by atomic mass is 32.2. The van der Waals surface area contributed by atoms with E-state index in [9.17, 15) is 8.42 Å². The summed E-state index contributed by atoms with van der Waals surface area (Å²) in [6.45, 7) is 4.54. The number of sulfone groups is 1. The topological polar surface area (TPSA) is 72.0 Å². The Morgan fingerprint density at radius 1 is 1.14 bits per heavy atom. The molecule has 0 fully saturated rings. The molecule has 1 aromatic heterocycles. The van der Waals surface area contributed by atoms with Crippen LogP contribution in [0.5, 0.6) is 0 Å². The lowest BCUT2D eigenvalue weighted by Crippen LogP contribution is -2.19. The smallest absolute Gasteiger partial charge is 0.175 e. The van der Waals surface area contributed by atoms with Crippen LogP contribution in [-0.2, 0) is 16.4 Å². The minimum Gasteiger partial charge on any atom is -0.305 e. The molecule has 5 nitrogen and oxygen atoms in total. The zero-order valence-corrected chi connectivity index (χ0v) is 13.2. The monoisotopic (exact) mass is 305 g/mol. The SMILES string of the molecule is Cc1cnc(CNC(C)c2ccc(S(C)(=O)=O)cc2)cn1. The van der Waals surface area contributed by atoms with Crippen LogP contribution in [0.3, 0.4) is 0 Å². The van der Waals surface area contributed by atoms with Crippen molar-refractivity contribution in [3.05, 3.63) is 53.6 Å². The summed E-state index contributed by atoms with van der Waals surface area (Å²) in [5.41, 5.74) is 2.80. The highest BCUT2D eigenvalue weighted by Crippen LogP contribution is 2.16. The van der Waals surface area contributed by atoms with E-state index in [2.05, 4.69) is 15.3 Å². The van der Waals surface area contributed by atoms with E-state index in [1.54, 1.807) is 24.5 Å². The minimum atomic E-state index is -3.14. The summed E-state index contributed by atoms with van der Waals surface area (Å²) in [7, 11) is -3.14. The third-order valence-corrected chi connectivity index (χ3v) is 4.36. The first-order chi connectivity index (χ1) is 9.86. The second kappa shape index (κ2) is 6.32. The first kappa shape index (κ1) is 15.6. The molecule has 2 rings (SSSR count). The predicted molar refractivity (Wildman–Crippen MR) is 81.6 cm³/mol.